The number of aliphatic hydroxyl groups excluding tert-OH is 1. The molecule has 2 N–H and O–H groups in total. The fourth-order valence-corrected chi connectivity index (χ4v) is 4.98. The number of nitrogens with one attached hydrogen (secondary N) is 1. The highest BCUT2D eigenvalue weighted by molar-refractivity contribution is 5.84. The minimum atomic E-state index is -4.67. The maximum Gasteiger partial charge on any atom is 0.416 e. The van der Waals surface area contributed by atoms with Gasteiger partial charge in [0.2, 0.25) is 5.91 Å². The molecule has 3 atom stereocenters. The van der Waals surface area contributed by atoms with E-state index in [1.807, 2.05) is 20.8 Å². The second-order valence-corrected chi connectivity index (χ2v) is 9.81. The van der Waals surface area contributed by atoms with Crippen LogP contribution in [0, 0.1) is 5.82 Å². The first-order valence-electron chi connectivity index (χ1n) is 12.1. The average molecular weight is 510 g/mol. The van der Waals surface area contributed by atoms with E-state index in [1.165, 1.54) is 6.33 Å². The third-order valence-corrected chi connectivity index (χ3v) is 6.90. The Labute approximate surface area is 207 Å². The van der Waals surface area contributed by atoms with Crippen LogP contribution in [0.2, 0.25) is 0 Å². The van der Waals surface area contributed by atoms with E-state index in [2.05, 4.69) is 20.2 Å². The first-order chi connectivity index (χ1) is 17.0. The van der Waals surface area contributed by atoms with Crippen LogP contribution in [0.1, 0.15) is 67.5 Å². The number of piperazine rings is 1. The maximum absolute atomic E-state index is 14.8. The summed E-state index contributed by atoms with van der Waals surface area (Å²) in [5.74, 6) is -1.47. The van der Waals surface area contributed by atoms with E-state index in [1.54, 1.807) is 4.90 Å². The van der Waals surface area contributed by atoms with Crippen molar-refractivity contribution < 1.29 is 27.5 Å². The molecule has 2 aliphatic rings. The number of alkyl halides is 3. The summed E-state index contributed by atoms with van der Waals surface area (Å²) in [6, 6.07) is 2.34. The molecule has 1 fully saturated rings. The summed E-state index contributed by atoms with van der Waals surface area (Å²) in [5, 5.41) is 13.4. The lowest BCUT2D eigenvalue weighted by atomic mass is 9.94. The normalized spacial score (nSPS) is 21.1. The zero-order chi connectivity index (χ0) is 26.2. The van der Waals surface area contributed by atoms with E-state index in [0.717, 1.165) is 23.5 Å². The summed E-state index contributed by atoms with van der Waals surface area (Å²) in [6.07, 6.45) is -3.26. The molecule has 1 aliphatic heterocycles. The number of fused-ring (bicyclic) bond motifs is 1. The van der Waals surface area contributed by atoms with Gasteiger partial charge >= 0.3 is 6.18 Å². The van der Waals surface area contributed by atoms with E-state index in [-0.39, 0.29) is 30.0 Å². The van der Waals surface area contributed by atoms with Crippen molar-refractivity contribution in [3.05, 3.63) is 52.7 Å². The molecule has 2 heterocycles. The number of nitrogens with zero attached hydrogens (tertiary/aromatic N) is 4. The Kier molecular flexibility index (Phi) is 7.51. The van der Waals surface area contributed by atoms with Crippen LogP contribution in [0.25, 0.3) is 0 Å². The van der Waals surface area contributed by atoms with Crippen molar-refractivity contribution in [1.82, 2.24) is 20.2 Å². The van der Waals surface area contributed by atoms with Gasteiger partial charge in [0.1, 0.15) is 18.0 Å². The maximum atomic E-state index is 14.8. The minimum absolute atomic E-state index is 0.00635. The molecule has 2 aromatic rings. The Balaban J connectivity index is 1.51. The number of benzene rings is 1. The second-order valence-electron chi connectivity index (χ2n) is 9.81. The molecule has 1 amide bonds. The number of hydrogen-bond donors (Lipinski definition) is 2. The van der Waals surface area contributed by atoms with Crippen LogP contribution < -0.4 is 10.2 Å². The highest BCUT2D eigenvalue weighted by Gasteiger charge is 2.36. The number of halogens is 4. The summed E-state index contributed by atoms with van der Waals surface area (Å²) < 4.78 is 53.9. The molecular weight excluding hydrogens is 478 g/mol. The fraction of sp³-hybridized carbons (Fsp3) is 0.560. The van der Waals surface area contributed by atoms with Gasteiger partial charge in [0.25, 0.3) is 0 Å². The molecule has 11 heteroatoms. The van der Waals surface area contributed by atoms with Crippen LogP contribution in [0.5, 0.6) is 0 Å². The number of rotatable bonds is 6. The van der Waals surface area contributed by atoms with Gasteiger partial charge in [-0.25, -0.2) is 14.4 Å². The fourth-order valence-electron chi connectivity index (χ4n) is 4.98. The summed E-state index contributed by atoms with van der Waals surface area (Å²) in [7, 11) is 0. The molecule has 0 bridgehead atoms. The molecule has 1 aliphatic carbocycles. The number of carbonyl (C=O) groups excluding carboxylic acids is 1. The molecule has 0 spiro atoms. The van der Waals surface area contributed by atoms with E-state index in [0.29, 0.717) is 44.4 Å². The monoisotopic (exact) mass is 509 g/mol. The highest BCUT2D eigenvalue weighted by Crippen LogP contribution is 2.43. The standard InChI is InChI=1S/C25H31F4N5O2/c1-14(2)30-12-18(17-5-4-16(11-19(17)26)25(27,28)29)24(36)34-8-6-33(7-9-34)23-21-15(3)10-20(35)22(21)31-13-32-23/h4-5,11,13-15,18,20,30,35H,6-10,12H2,1-3H3. The number of aromatic nitrogens is 2. The number of amides is 1. The van der Waals surface area contributed by atoms with Crippen molar-refractivity contribution in [3.63, 3.8) is 0 Å². The lowest BCUT2D eigenvalue weighted by Crippen LogP contribution is -2.51. The lowest BCUT2D eigenvalue weighted by molar-refractivity contribution is -0.137. The number of hydrogen-bond acceptors (Lipinski definition) is 6. The van der Waals surface area contributed by atoms with Crippen molar-refractivity contribution in [2.75, 3.05) is 37.6 Å². The van der Waals surface area contributed by atoms with E-state index < -0.39 is 29.6 Å². The summed E-state index contributed by atoms with van der Waals surface area (Å²) >= 11 is 0. The van der Waals surface area contributed by atoms with E-state index in [4.69, 9.17) is 0 Å². The van der Waals surface area contributed by atoms with Gasteiger partial charge in [-0.1, -0.05) is 26.8 Å². The largest absolute Gasteiger partial charge is 0.416 e. The third-order valence-electron chi connectivity index (χ3n) is 6.90. The predicted molar refractivity (Wildman–Crippen MR) is 126 cm³/mol. The Morgan fingerprint density at radius 1 is 1.19 bits per heavy atom. The minimum Gasteiger partial charge on any atom is -0.387 e. The Bertz CT molecular complexity index is 1100. The molecule has 36 heavy (non-hydrogen) atoms. The Morgan fingerprint density at radius 2 is 1.89 bits per heavy atom. The van der Waals surface area contributed by atoms with E-state index >= 15 is 0 Å². The van der Waals surface area contributed by atoms with Gasteiger partial charge in [-0.3, -0.25) is 4.79 Å². The van der Waals surface area contributed by atoms with Crippen LogP contribution in [0.4, 0.5) is 23.4 Å². The molecule has 1 aromatic carbocycles. The molecule has 0 radical (unpaired) electrons. The summed E-state index contributed by atoms with van der Waals surface area (Å²) in [4.78, 5) is 25.9. The van der Waals surface area contributed by atoms with Crippen LogP contribution in [0.3, 0.4) is 0 Å². The molecule has 1 aromatic heterocycles. The van der Waals surface area contributed by atoms with Gasteiger partial charge in [0, 0.05) is 49.9 Å². The first-order valence-corrected chi connectivity index (χ1v) is 12.1. The van der Waals surface area contributed by atoms with Crippen molar-refractivity contribution in [2.24, 2.45) is 0 Å². The van der Waals surface area contributed by atoms with Gasteiger partial charge in [-0.2, -0.15) is 13.2 Å². The van der Waals surface area contributed by atoms with Crippen LogP contribution in [-0.4, -0.2) is 64.6 Å². The SMILES string of the molecule is CC(C)NCC(C(=O)N1CCN(c2ncnc3c2C(C)CC3O)CC1)c1ccc(C(F)(F)F)cc1F. The van der Waals surface area contributed by atoms with Crippen LogP contribution >= 0.6 is 0 Å². The molecule has 3 unspecified atom stereocenters. The van der Waals surface area contributed by atoms with Crippen LogP contribution in [0.15, 0.2) is 24.5 Å². The molecular formula is C25H31F4N5O2. The summed E-state index contributed by atoms with van der Waals surface area (Å²) in [6.45, 7) is 7.56. The van der Waals surface area contributed by atoms with Gasteiger partial charge in [-0.05, 0) is 24.5 Å². The smallest absolute Gasteiger partial charge is 0.387 e. The zero-order valence-electron chi connectivity index (χ0n) is 20.5. The molecule has 4 rings (SSSR count). The predicted octanol–water partition coefficient (Wildman–Crippen LogP) is 3.61. The average Bonchev–Trinajstić information content (AvgIpc) is 3.12. The first kappa shape index (κ1) is 26.3. The van der Waals surface area contributed by atoms with Crippen molar-refractivity contribution in [1.29, 1.82) is 0 Å². The van der Waals surface area contributed by atoms with Gasteiger partial charge in [0.05, 0.1) is 23.3 Å². The zero-order valence-corrected chi connectivity index (χ0v) is 20.5. The number of aliphatic hydroxyl groups is 1. The van der Waals surface area contributed by atoms with Gasteiger partial charge in [0.15, 0.2) is 0 Å². The topological polar surface area (TPSA) is 81.6 Å². The Hall–Kier alpha value is -2.79. The molecule has 1 saturated heterocycles. The van der Waals surface area contributed by atoms with Gasteiger partial charge < -0.3 is 20.2 Å². The number of anilines is 1. The van der Waals surface area contributed by atoms with Crippen molar-refractivity contribution >= 4 is 11.7 Å². The summed E-state index contributed by atoms with van der Waals surface area (Å²) in [5.41, 5.74) is 0.427. The van der Waals surface area contributed by atoms with Crippen molar-refractivity contribution in [2.45, 2.75) is 57.3 Å². The van der Waals surface area contributed by atoms with E-state index in [9.17, 15) is 27.5 Å². The second kappa shape index (κ2) is 10.3. The molecule has 7 nitrogen and oxygen atoms in total. The lowest BCUT2D eigenvalue weighted by Gasteiger charge is -2.38. The molecule has 0 saturated carbocycles. The highest BCUT2D eigenvalue weighted by atomic mass is 19.4. The van der Waals surface area contributed by atoms with Crippen molar-refractivity contribution in [3.8, 4) is 0 Å². The van der Waals surface area contributed by atoms with Gasteiger partial charge in [-0.15, -0.1) is 0 Å². The molecule has 196 valence electrons. The third kappa shape index (κ3) is 5.31. The van der Waals surface area contributed by atoms with Crippen LogP contribution in [-0.2, 0) is 11.0 Å². The Morgan fingerprint density at radius 3 is 2.50 bits per heavy atom. The quantitative estimate of drug-likeness (QED) is 0.580. The number of carbonyl (C=O) groups is 1.